The zero-order valence-electron chi connectivity index (χ0n) is 35.7. The minimum atomic E-state index is -1.35. The lowest BCUT2D eigenvalue weighted by atomic mass is 9.97. The molecule has 324 valence electrons. The van der Waals surface area contributed by atoms with Crippen molar-refractivity contribution < 1.29 is 38.2 Å². The average molecular weight is 838 g/mol. The van der Waals surface area contributed by atoms with Gasteiger partial charge in [0, 0.05) is 12.3 Å². The fraction of sp³-hybridized carbons (Fsp3) is 0.605. The predicted molar refractivity (Wildman–Crippen MR) is 228 cm³/mol. The van der Waals surface area contributed by atoms with Crippen LogP contribution in [0.25, 0.3) is 0 Å². The minimum absolute atomic E-state index is 0.238. The largest absolute Gasteiger partial charge is 0.369 e. The Kier molecular flexibility index (Phi) is 16.5. The van der Waals surface area contributed by atoms with Gasteiger partial charge in [0.15, 0.2) is 0 Å². The molecular formula is C43H63N7O8S. The highest BCUT2D eigenvalue weighted by atomic mass is 32.2. The summed E-state index contributed by atoms with van der Waals surface area (Å²) in [4.78, 5) is 90.9. The molecule has 6 amide bonds. The first kappa shape index (κ1) is 47.1. The Morgan fingerprint density at radius 2 is 1.47 bits per heavy atom. The van der Waals surface area contributed by atoms with Crippen LogP contribution in [0.4, 0.5) is 0 Å². The first-order valence-electron chi connectivity index (χ1n) is 20.4. The number of fused-ring (bicyclic) bond motifs is 2. The lowest BCUT2D eigenvalue weighted by Crippen LogP contribution is -2.62. The van der Waals surface area contributed by atoms with Gasteiger partial charge in [0.05, 0.1) is 35.0 Å². The molecule has 0 spiro atoms. The minimum Gasteiger partial charge on any atom is -0.369 e. The number of nitrogens with one attached hydrogen (secondary N) is 5. The van der Waals surface area contributed by atoms with Gasteiger partial charge in [-0.05, 0) is 72.3 Å². The topological polar surface area (TPSA) is 197 Å². The number of hydrogen-bond donors (Lipinski definition) is 5. The van der Waals surface area contributed by atoms with E-state index in [9.17, 15) is 28.8 Å². The molecule has 9 atom stereocenters. The number of rotatable bonds is 12. The SMILES string of the molecule is C=CC(C)(C)OC[C@@H]1NC(=O)C([C@@H](C)OC(C)(C)C=C)NC(=O)[C@@H]2CSC(=N2)[C@@H](Cc2ccccc2)NC(=O)[C@@H]2CCCN2C(=O)[C@H](C)NC(=O)[C@H]([C@@H](C)CC)NC1=O. The van der Waals surface area contributed by atoms with Crippen molar-refractivity contribution in [2.45, 2.75) is 141 Å². The molecule has 59 heavy (non-hydrogen) atoms. The van der Waals surface area contributed by atoms with E-state index in [2.05, 4.69) is 39.7 Å². The Hall–Kier alpha value is -4.54. The van der Waals surface area contributed by atoms with Crippen LogP contribution in [-0.2, 0) is 44.7 Å². The number of carbonyl (C=O) groups is 6. The molecular weight excluding hydrogens is 775 g/mol. The summed E-state index contributed by atoms with van der Waals surface area (Å²) in [7, 11) is 0. The maximum Gasteiger partial charge on any atom is 0.246 e. The highest BCUT2D eigenvalue weighted by molar-refractivity contribution is 8.14. The van der Waals surface area contributed by atoms with Crippen molar-refractivity contribution in [2.75, 3.05) is 18.9 Å². The van der Waals surface area contributed by atoms with Crippen molar-refractivity contribution in [3.05, 3.63) is 61.2 Å². The van der Waals surface area contributed by atoms with Crippen LogP contribution in [0.3, 0.4) is 0 Å². The lowest BCUT2D eigenvalue weighted by Gasteiger charge is -2.33. The van der Waals surface area contributed by atoms with Crippen molar-refractivity contribution in [3.63, 3.8) is 0 Å². The number of ether oxygens (including phenoxy) is 2. The third-order valence-electron chi connectivity index (χ3n) is 11.0. The second-order valence-electron chi connectivity index (χ2n) is 16.6. The van der Waals surface area contributed by atoms with E-state index in [0.29, 0.717) is 37.3 Å². The first-order chi connectivity index (χ1) is 27.8. The third-order valence-corrected chi connectivity index (χ3v) is 12.2. The maximum atomic E-state index is 14.4. The molecule has 0 aromatic heterocycles. The molecule has 3 aliphatic rings. The molecule has 1 saturated heterocycles. The van der Waals surface area contributed by atoms with Gasteiger partial charge >= 0.3 is 0 Å². The number of benzene rings is 1. The molecule has 4 rings (SSSR count). The van der Waals surface area contributed by atoms with Crippen molar-refractivity contribution in [2.24, 2.45) is 10.9 Å². The molecule has 16 heteroatoms. The summed E-state index contributed by atoms with van der Waals surface area (Å²) in [6, 6.07) is 2.39. The average Bonchev–Trinajstić information content (AvgIpc) is 3.91. The van der Waals surface area contributed by atoms with Gasteiger partial charge in [-0.25, -0.2) is 0 Å². The van der Waals surface area contributed by atoms with Gasteiger partial charge in [-0.1, -0.05) is 62.8 Å². The van der Waals surface area contributed by atoms with Crippen molar-refractivity contribution in [1.29, 1.82) is 0 Å². The maximum absolute atomic E-state index is 14.4. The second kappa shape index (κ2) is 20.6. The van der Waals surface area contributed by atoms with Gasteiger partial charge in [0.25, 0.3) is 0 Å². The van der Waals surface area contributed by atoms with E-state index in [1.807, 2.05) is 37.3 Å². The number of hydrogen-bond acceptors (Lipinski definition) is 10. The summed E-state index contributed by atoms with van der Waals surface area (Å²) in [6.07, 6.45) is 4.06. The number of carbonyl (C=O) groups excluding carboxylic acids is 6. The highest BCUT2D eigenvalue weighted by Gasteiger charge is 2.41. The summed E-state index contributed by atoms with van der Waals surface area (Å²) in [5.41, 5.74) is -0.870. The van der Waals surface area contributed by atoms with Crippen LogP contribution in [0.15, 0.2) is 60.6 Å². The van der Waals surface area contributed by atoms with Crippen LogP contribution in [-0.4, -0.2) is 124 Å². The Balaban J connectivity index is 1.79. The monoisotopic (exact) mass is 837 g/mol. The molecule has 3 aliphatic heterocycles. The van der Waals surface area contributed by atoms with Gasteiger partial charge < -0.3 is 41.0 Å². The number of amides is 6. The van der Waals surface area contributed by atoms with Crippen LogP contribution in [0, 0.1) is 5.92 Å². The number of aliphatic imine (C=N–C) groups is 1. The van der Waals surface area contributed by atoms with E-state index in [-0.39, 0.29) is 18.3 Å². The van der Waals surface area contributed by atoms with Gasteiger partial charge in [-0.15, -0.1) is 24.9 Å². The Labute approximate surface area is 352 Å². The molecule has 2 bridgehead atoms. The molecule has 3 heterocycles. The van der Waals surface area contributed by atoms with Gasteiger partial charge in [0.2, 0.25) is 35.4 Å². The van der Waals surface area contributed by atoms with Crippen LogP contribution in [0.5, 0.6) is 0 Å². The van der Waals surface area contributed by atoms with Crippen LogP contribution >= 0.6 is 11.8 Å². The second-order valence-corrected chi connectivity index (χ2v) is 17.7. The normalized spacial score (nSPS) is 27.8. The first-order valence-corrected chi connectivity index (χ1v) is 21.4. The molecule has 0 aliphatic carbocycles. The van der Waals surface area contributed by atoms with Crippen LogP contribution < -0.4 is 26.6 Å². The Bertz CT molecular complexity index is 1750. The predicted octanol–water partition coefficient (Wildman–Crippen LogP) is 2.59. The van der Waals surface area contributed by atoms with E-state index < -0.39 is 95.1 Å². The molecule has 1 aromatic carbocycles. The molecule has 0 radical (unpaired) electrons. The van der Waals surface area contributed by atoms with E-state index in [0.717, 1.165) is 5.56 Å². The van der Waals surface area contributed by atoms with Crippen LogP contribution in [0.1, 0.15) is 80.2 Å². The highest BCUT2D eigenvalue weighted by Crippen LogP contribution is 2.25. The summed E-state index contributed by atoms with van der Waals surface area (Å²) in [5, 5.41) is 14.8. The fourth-order valence-electron chi connectivity index (χ4n) is 6.95. The van der Waals surface area contributed by atoms with E-state index in [1.165, 1.54) is 16.7 Å². The number of nitrogens with zero attached hydrogens (tertiary/aromatic N) is 2. The Morgan fingerprint density at radius 3 is 2.12 bits per heavy atom. The van der Waals surface area contributed by atoms with E-state index in [1.54, 1.807) is 60.6 Å². The van der Waals surface area contributed by atoms with E-state index in [4.69, 9.17) is 14.5 Å². The van der Waals surface area contributed by atoms with Gasteiger partial charge in [0.1, 0.15) is 36.3 Å². The molecule has 5 N–H and O–H groups in total. The molecule has 1 aromatic rings. The fourth-order valence-corrected chi connectivity index (χ4v) is 8.05. The lowest BCUT2D eigenvalue weighted by molar-refractivity contribution is -0.142. The number of thioether (sulfide) groups is 1. The van der Waals surface area contributed by atoms with Crippen molar-refractivity contribution in [1.82, 2.24) is 31.5 Å². The summed E-state index contributed by atoms with van der Waals surface area (Å²) < 4.78 is 12.2. The Morgan fingerprint density at radius 1 is 0.847 bits per heavy atom. The van der Waals surface area contributed by atoms with E-state index >= 15 is 0 Å². The quantitative estimate of drug-likeness (QED) is 0.197. The van der Waals surface area contributed by atoms with Crippen molar-refractivity contribution >= 4 is 52.2 Å². The molecule has 1 fully saturated rings. The van der Waals surface area contributed by atoms with Crippen molar-refractivity contribution in [3.8, 4) is 0 Å². The van der Waals surface area contributed by atoms with Crippen LogP contribution in [0.2, 0.25) is 0 Å². The molecule has 15 nitrogen and oxygen atoms in total. The summed E-state index contributed by atoms with van der Waals surface area (Å²) in [5.74, 6) is -3.61. The summed E-state index contributed by atoms with van der Waals surface area (Å²) in [6.45, 7) is 21.5. The van der Waals surface area contributed by atoms with Gasteiger partial charge in [-0.2, -0.15) is 0 Å². The summed E-state index contributed by atoms with van der Waals surface area (Å²) >= 11 is 1.33. The smallest absolute Gasteiger partial charge is 0.246 e. The van der Waals surface area contributed by atoms with Gasteiger partial charge in [-0.3, -0.25) is 33.8 Å². The molecule has 0 saturated carbocycles. The zero-order chi connectivity index (χ0) is 43.7. The zero-order valence-corrected chi connectivity index (χ0v) is 36.5. The standard InChI is InChI=1S/C43H63N7O8S/c1-11-25(4)33-38(54)44-26(5)41(56)50-21-17-20-32(50)37(53)45-29(22-28-18-15-14-16-19-28)40-47-31(24-59-40)36(52)49-34(27(6)58-43(9,10)13-3)39(55)46-30(35(51)48-33)23-57-42(7,8)12-2/h12-16,18-19,25-27,29-34H,2-3,11,17,20-24H2,1,4-10H3,(H,44,54)(H,45,53)(H,46,55)(H,48,51)(H,49,52)/t25-,26-,27+,29+,30-,31-,32-,33-,34?/m0/s1. The third kappa shape index (κ3) is 12.7. The molecule has 1 unspecified atom stereocenters.